The lowest BCUT2D eigenvalue weighted by atomic mass is 9.99. The maximum Gasteiger partial charge on any atom is 0.284 e. The average molecular weight is 557 g/mol. The SMILES string of the molecule is COc1ccc(-n2nc(CON)c3ncn(-c4ccc(-c5ccccc5CN5CCC(O)C5)cc4F)c(=O)c32)cc1. The number of β-amino-alcohol motifs (C(OH)–C–C–N with tert-alkyl or cyclic N) is 1. The fourth-order valence-corrected chi connectivity index (χ4v) is 5.33. The number of halogens is 1. The van der Waals surface area contributed by atoms with E-state index < -0.39 is 11.4 Å². The number of benzene rings is 3. The van der Waals surface area contributed by atoms with Gasteiger partial charge in [0.2, 0.25) is 0 Å². The molecule has 5 aromatic rings. The summed E-state index contributed by atoms with van der Waals surface area (Å²) in [6.07, 6.45) is 1.72. The molecule has 0 saturated carbocycles. The molecule has 1 aliphatic rings. The van der Waals surface area contributed by atoms with Crippen molar-refractivity contribution in [1.29, 1.82) is 0 Å². The van der Waals surface area contributed by atoms with E-state index in [9.17, 15) is 9.90 Å². The van der Waals surface area contributed by atoms with Crippen LogP contribution in [0, 0.1) is 5.82 Å². The molecule has 1 saturated heterocycles. The molecule has 1 unspecified atom stereocenters. The van der Waals surface area contributed by atoms with Crippen LogP contribution in [0.5, 0.6) is 5.75 Å². The molecule has 10 nitrogen and oxygen atoms in total. The number of ether oxygens (including phenoxy) is 1. The van der Waals surface area contributed by atoms with Gasteiger partial charge in [-0.1, -0.05) is 30.3 Å². The van der Waals surface area contributed by atoms with E-state index in [0.29, 0.717) is 41.3 Å². The number of likely N-dealkylation sites (tertiary alicyclic amines) is 1. The predicted molar refractivity (Wildman–Crippen MR) is 151 cm³/mol. The maximum absolute atomic E-state index is 15.7. The first-order chi connectivity index (χ1) is 20.0. The highest BCUT2D eigenvalue weighted by atomic mass is 19.1. The van der Waals surface area contributed by atoms with Crippen molar-refractivity contribution in [3.8, 4) is 28.3 Å². The normalized spacial score (nSPS) is 15.6. The number of aliphatic hydroxyl groups excluding tert-OH is 1. The number of aromatic nitrogens is 4. The van der Waals surface area contributed by atoms with E-state index in [1.54, 1.807) is 43.5 Å². The van der Waals surface area contributed by atoms with Gasteiger partial charge in [0.1, 0.15) is 35.7 Å². The summed E-state index contributed by atoms with van der Waals surface area (Å²) >= 11 is 0. The third kappa shape index (κ3) is 5.11. The van der Waals surface area contributed by atoms with Crippen molar-refractivity contribution < 1.29 is 19.1 Å². The molecule has 3 N–H and O–H groups in total. The van der Waals surface area contributed by atoms with E-state index in [0.717, 1.165) is 24.1 Å². The lowest BCUT2D eigenvalue weighted by molar-refractivity contribution is 0.122. The van der Waals surface area contributed by atoms with Gasteiger partial charge in [0.25, 0.3) is 5.56 Å². The molecule has 0 amide bonds. The molecule has 0 radical (unpaired) electrons. The minimum Gasteiger partial charge on any atom is -0.497 e. The third-order valence-corrected chi connectivity index (χ3v) is 7.37. The molecule has 1 atom stereocenters. The standard InChI is InChI=1S/C30H29FN6O4/c1-40-23-9-7-21(8-10-23)37-29-28(26(34-37)17-41-32)33-18-36(30(29)39)27-11-6-19(14-25(27)31)24-5-3-2-4-20(24)15-35-13-12-22(38)16-35/h2-11,14,18,22,38H,12-13,15-17,32H2,1H3. The van der Waals surface area contributed by atoms with E-state index in [4.69, 9.17) is 15.5 Å². The first-order valence-electron chi connectivity index (χ1n) is 13.2. The number of hydrogen-bond acceptors (Lipinski definition) is 8. The number of hydrogen-bond donors (Lipinski definition) is 2. The highest BCUT2D eigenvalue weighted by molar-refractivity contribution is 5.79. The summed E-state index contributed by atoms with van der Waals surface area (Å²) < 4.78 is 23.6. The first-order valence-corrected chi connectivity index (χ1v) is 13.2. The number of rotatable bonds is 8. The Morgan fingerprint density at radius 2 is 1.93 bits per heavy atom. The summed E-state index contributed by atoms with van der Waals surface area (Å²) in [5.74, 6) is 5.38. The van der Waals surface area contributed by atoms with Crippen molar-refractivity contribution in [3.05, 3.63) is 100 Å². The van der Waals surface area contributed by atoms with Crippen molar-refractivity contribution in [1.82, 2.24) is 24.2 Å². The Hall–Kier alpha value is -4.42. The summed E-state index contributed by atoms with van der Waals surface area (Å²) in [6, 6.07) is 19.6. The number of fused-ring (bicyclic) bond motifs is 1. The van der Waals surface area contributed by atoms with E-state index in [1.807, 2.05) is 24.3 Å². The molecule has 1 aliphatic heterocycles. The molecule has 210 valence electrons. The van der Waals surface area contributed by atoms with Crippen LogP contribution < -0.4 is 16.2 Å². The van der Waals surface area contributed by atoms with Crippen molar-refractivity contribution in [2.24, 2.45) is 5.90 Å². The molecule has 0 spiro atoms. The Kier molecular flexibility index (Phi) is 7.33. The monoisotopic (exact) mass is 556 g/mol. The quantitative estimate of drug-likeness (QED) is 0.279. The van der Waals surface area contributed by atoms with Crippen LogP contribution in [0.25, 0.3) is 33.5 Å². The van der Waals surface area contributed by atoms with E-state index >= 15 is 4.39 Å². The molecule has 11 heteroatoms. The fraction of sp³-hybridized carbons (Fsp3) is 0.233. The smallest absolute Gasteiger partial charge is 0.284 e. The molecule has 0 aliphatic carbocycles. The van der Waals surface area contributed by atoms with Crippen LogP contribution >= 0.6 is 0 Å². The van der Waals surface area contributed by atoms with Crippen LogP contribution in [0.4, 0.5) is 4.39 Å². The topological polar surface area (TPSA) is 121 Å². The van der Waals surface area contributed by atoms with Crippen LogP contribution in [0.3, 0.4) is 0 Å². The molecule has 41 heavy (non-hydrogen) atoms. The van der Waals surface area contributed by atoms with Crippen LogP contribution in [0.15, 0.2) is 77.9 Å². The zero-order valence-corrected chi connectivity index (χ0v) is 22.4. The second-order valence-electron chi connectivity index (χ2n) is 9.99. The maximum atomic E-state index is 15.7. The Balaban J connectivity index is 1.41. The van der Waals surface area contributed by atoms with Gasteiger partial charge in [-0.25, -0.2) is 20.0 Å². The molecular formula is C30H29FN6O4. The van der Waals surface area contributed by atoms with Crippen LogP contribution in [0.2, 0.25) is 0 Å². The highest BCUT2D eigenvalue weighted by Crippen LogP contribution is 2.29. The molecular weight excluding hydrogens is 527 g/mol. The zero-order valence-electron chi connectivity index (χ0n) is 22.4. The van der Waals surface area contributed by atoms with Crippen molar-refractivity contribution in [2.45, 2.75) is 25.7 Å². The predicted octanol–water partition coefficient (Wildman–Crippen LogP) is 3.34. The first kappa shape index (κ1) is 26.8. The number of aliphatic hydroxyl groups is 1. The van der Waals surface area contributed by atoms with Crippen LogP contribution in [-0.2, 0) is 18.0 Å². The summed E-state index contributed by atoms with van der Waals surface area (Å²) in [6.45, 7) is 2.02. The van der Waals surface area contributed by atoms with E-state index in [-0.39, 0.29) is 23.9 Å². The highest BCUT2D eigenvalue weighted by Gasteiger charge is 2.22. The summed E-state index contributed by atoms with van der Waals surface area (Å²) in [5, 5.41) is 14.4. The van der Waals surface area contributed by atoms with Gasteiger partial charge in [-0.2, -0.15) is 5.10 Å². The fourth-order valence-electron chi connectivity index (χ4n) is 5.33. The second kappa shape index (κ2) is 11.2. The Bertz CT molecular complexity index is 1770. The number of nitrogens with two attached hydrogens (primary N) is 1. The van der Waals surface area contributed by atoms with E-state index in [1.165, 1.54) is 21.6 Å². The Labute approximate surface area is 234 Å². The zero-order chi connectivity index (χ0) is 28.5. The number of nitrogens with zero attached hydrogens (tertiary/aromatic N) is 5. The average Bonchev–Trinajstić information content (AvgIpc) is 3.57. The van der Waals surface area contributed by atoms with Crippen molar-refractivity contribution in [2.75, 3.05) is 20.2 Å². The van der Waals surface area contributed by atoms with Gasteiger partial charge >= 0.3 is 0 Å². The molecule has 3 heterocycles. The lowest BCUT2D eigenvalue weighted by Crippen LogP contribution is -2.22. The molecule has 2 aromatic heterocycles. The summed E-state index contributed by atoms with van der Waals surface area (Å²) in [7, 11) is 1.56. The minimum absolute atomic E-state index is 0.0606. The molecule has 3 aromatic carbocycles. The van der Waals surface area contributed by atoms with Crippen LogP contribution in [-0.4, -0.2) is 55.6 Å². The van der Waals surface area contributed by atoms with Gasteiger partial charge in [0, 0.05) is 19.6 Å². The Morgan fingerprint density at radius 3 is 2.63 bits per heavy atom. The lowest BCUT2D eigenvalue weighted by Gasteiger charge is -2.18. The third-order valence-electron chi connectivity index (χ3n) is 7.37. The second-order valence-corrected chi connectivity index (χ2v) is 9.99. The van der Waals surface area contributed by atoms with Gasteiger partial charge in [0.15, 0.2) is 5.52 Å². The molecule has 6 rings (SSSR count). The van der Waals surface area contributed by atoms with Crippen LogP contribution in [0.1, 0.15) is 17.7 Å². The van der Waals surface area contributed by atoms with E-state index in [2.05, 4.69) is 15.0 Å². The number of methoxy groups -OCH3 is 1. The van der Waals surface area contributed by atoms with Gasteiger partial charge in [-0.3, -0.25) is 19.1 Å². The van der Waals surface area contributed by atoms with Gasteiger partial charge < -0.3 is 9.84 Å². The van der Waals surface area contributed by atoms with Crippen molar-refractivity contribution in [3.63, 3.8) is 0 Å². The summed E-state index contributed by atoms with van der Waals surface area (Å²) in [4.78, 5) is 25.2. The minimum atomic E-state index is -0.571. The Morgan fingerprint density at radius 1 is 1.12 bits per heavy atom. The molecule has 1 fully saturated rings. The van der Waals surface area contributed by atoms with Gasteiger partial charge in [-0.05, 0) is 59.5 Å². The summed E-state index contributed by atoms with van der Waals surface area (Å²) in [5.41, 5.74) is 3.62. The van der Waals surface area contributed by atoms with Gasteiger partial charge in [0.05, 0.1) is 24.6 Å². The largest absolute Gasteiger partial charge is 0.497 e. The molecule has 0 bridgehead atoms. The van der Waals surface area contributed by atoms with Gasteiger partial charge in [-0.15, -0.1) is 0 Å². The van der Waals surface area contributed by atoms with Crippen molar-refractivity contribution >= 4 is 11.0 Å².